The molecule has 1 unspecified atom stereocenters. The van der Waals surface area contributed by atoms with E-state index in [0.29, 0.717) is 6.29 Å². The van der Waals surface area contributed by atoms with Gasteiger partial charge in [-0.25, -0.2) is 0 Å². The monoisotopic (exact) mass is 542 g/mol. The number of nitrogens with one attached hydrogen (secondary N) is 2. The van der Waals surface area contributed by atoms with Gasteiger partial charge >= 0.3 is 5.97 Å². The summed E-state index contributed by atoms with van der Waals surface area (Å²) in [4.78, 5) is 22.5. The van der Waals surface area contributed by atoms with Gasteiger partial charge in [0.1, 0.15) is 13.9 Å². The highest BCUT2D eigenvalue weighted by atomic mass is 31.1. The van der Waals surface area contributed by atoms with Gasteiger partial charge in [-0.05, 0) is 37.1 Å². The summed E-state index contributed by atoms with van der Waals surface area (Å²) in [5.74, 6) is -0.383. The van der Waals surface area contributed by atoms with E-state index in [2.05, 4.69) is 66.1 Å². The molecule has 4 aromatic rings. The highest BCUT2D eigenvalue weighted by Crippen LogP contribution is 2.36. The van der Waals surface area contributed by atoms with Gasteiger partial charge in [0.15, 0.2) is 0 Å². The lowest BCUT2D eigenvalue weighted by Crippen LogP contribution is -2.43. The molecule has 0 aliphatic carbocycles. The van der Waals surface area contributed by atoms with Crippen molar-refractivity contribution in [1.82, 2.24) is 10.6 Å². The molecule has 3 N–H and O–H groups in total. The minimum Gasteiger partial charge on any atom is -0.481 e. The number of carbonyl (C=O) groups excluding carboxylic acids is 1. The first kappa shape index (κ1) is 29.6. The number of aryl methyl sites for hydroxylation is 1. The molecule has 202 valence electrons. The Morgan fingerprint density at radius 1 is 0.795 bits per heavy atom. The summed E-state index contributed by atoms with van der Waals surface area (Å²) in [6, 6.07) is 38.0. The molecule has 2 atom stereocenters. The first-order valence-electron chi connectivity index (χ1n) is 12.8. The second-order valence-electron chi connectivity index (χ2n) is 8.87. The van der Waals surface area contributed by atoms with Crippen molar-refractivity contribution in [3.8, 4) is 16.9 Å². The summed E-state index contributed by atoms with van der Waals surface area (Å²) >= 11 is 0. The predicted molar refractivity (Wildman–Crippen MR) is 159 cm³/mol. The van der Waals surface area contributed by atoms with Crippen LogP contribution in [0.25, 0.3) is 11.1 Å². The van der Waals surface area contributed by atoms with E-state index in [0.717, 1.165) is 11.1 Å². The summed E-state index contributed by atoms with van der Waals surface area (Å²) in [7, 11) is -0.998. The molecule has 1 amide bonds. The Kier molecular flexibility index (Phi) is 12.2. The van der Waals surface area contributed by atoms with Crippen LogP contribution in [0.3, 0.4) is 0 Å². The average Bonchev–Trinajstić information content (AvgIpc) is 2.97. The van der Waals surface area contributed by atoms with Gasteiger partial charge in [0.2, 0.25) is 5.91 Å². The van der Waals surface area contributed by atoms with Crippen LogP contribution in [0, 0.1) is 6.92 Å². The Hall–Kier alpha value is -3.99. The minimum absolute atomic E-state index is 0.0910. The van der Waals surface area contributed by atoms with E-state index in [-0.39, 0.29) is 18.9 Å². The zero-order valence-electron chi connectivity index (χ0n) is 22.3. The number of carboxylic acids is 1. The highest BCUT2D eigenvalue weighted by molar-refractivity contribution is 7.61. The van der Waals surface area contributed by atoms with Crippen LogP contribution < -0.4 is 20.5 Å². The second kappa shape index (κ2) is 16.1. The summed E-state index contributed by atoms with van der Waals surface area (Å²) in [6.45, 7) is 3.97. The normalized spacial score (nSPS) is 11.8. The molecule has 7 heteroatoms. The molecule has 0 radical (unpaired) electrons. The van der Waals surface area contributed by atoms with Crippen LogP contribution in [0.15, 0.2) is 115 Å². The van der Waals surface area contributed by atoms with Gasteiger partial charge in [-0.3, -0.25) is 14.9 Å². The Labute approximate surface area is 231 Å². The van der Waals surface area contributed by atoms with Crippen molar-refractivity contribution in [3.63, 3.8) is 0 Å². The number of para-hydroxylation sites is 1. The molecule has 0 aliphatic rings. The quantitative estimate of drug-likeness (QED) is 0.203. The third-order valence-electron chi connectivity index (χ3n) is 5.73. The van der Waals surface area contributed by atoms with E-state index in [1.54, 1.807) is 6.92 Å². The van der Waals surface area contributed by atoms with Crippen molar-refractivity contribution in [1.29, 1.82) is 0 Å². The lowest BCUT2D eigenvalue weighted by Gasteiger charge is -2.21. The molecule has 39 heavy (non-hydrogen) atoms. The van der Waals surface area contributed by atoms with Crippen molar-refractivity contribution >= 4 is 25.3 Å². The van der Waals surface area contributed by atoms with Crippen molar-refractivity contribution in [3.05, 3.63) is 121 Å². The van der Waals surface area contributed by atoms with Crippen LogP contribution in [0.2, 0.25) is 0 Å². The number of aliphatic carboxylic acids is 1. The fourth-order valence-corrected chi connectivity index (χ4v) is 5.19. The predicted octanol–water partition coefficient (Wildman–Crippen LogP) is 5.98. The zero-order chi connectivity index (χ0) is 27.9. The third-order valence-corrected chi connectivity index (χ3v) is 7.51. The Morgan fingerprint density at radius 2 is 1.33 bits per heavy atom. The summed E-state index contributed by atoms with van der Waals surface area (Å²) < 4.78 is 6.14. The standard InChI is InChI=1S/C19H23N2O4P.C13H12/c1-15(19(24)20-13-12-18(22)23)21-14-26(17-10-6-3-7-11-17)25-16-8-4-2-5-9-16;1-11-7-9-13(10-8-11)12-5-3-2-4-6-12/h2-11,15,21H,12-14H2,1H3,(H,20,24)(H,22,23);2-10H,1H3/t15-,26?;/m0./s1. The van der Waals surface area contributed by atoms with E-state index in [9.17, 15) is 9.59 Å². The lowest BCUT2D eigenvalue weighted by molar-refractivity contribution is -0.137. The molecule has 0 fully saturated rings. The van der Waals surface area contributed by atoms with Crippen LogP contribution in [-0.2, 0) is 9.59 Å². The van der Waals surface area contributed by atoms with Crippen molar-refractivity contribution in [2.45, 2.75) is 26.3 Å². The van der Waals surface area contributed by atoms with Gasteiger partial charge in [-0.15, -0.1) is 0 Å². The van der Waals surface area contributed by atoms with Crippen LogP contribution in [0.5, 0.6) is 5.75 Å². The molecule has 0 saturated heterocycles. The number of amides is 1. The fraction of sp³-hybridized carbons (Fsp3) is 0.188. The lowest BCUT2D eigenvalue weighted by atomic mass is 10.0. The number of hydrogen-bond donors (Lipinski definition) is 3. The van der Waals surface area contributed by atoms with Crippen LogP contribution in [0.1, 0.15) is 18.9 Å². The van der Waals surface area contributed by atoms with E-state index >= 15 is 0 Å². The number of rotatable bonds is 11. The number of carbonyl (C=O) groups is 2. The highest BCUT2D eigenvalue weighted by Gasteiger charge is 2.18. The van der Waals surface area contributed by atoms with Gasteiger partial charge in [0.05, 0.1) is 18.7 Å². The molecule has 0 aliphatic heterocycles. The van der Waals surface area contributed by atoms with Gasteiger partial charge in [0, 0.05) is 11.8 Å². The van der Waals surface area contributed by atoms with E-state index < -0.39 is 20.2 Å². The maximum absolute atomic E-state index is 12.0. The third kappa shape index (κ3) is 10.7. The Morgan fingerprint density at radius 3 is 1.92 bits per heavy atom. The molecule has 4 aromatic carbocycles. The summed E-state index contributed by atoms with van der Waals surface area (Å²) in [6.07, 6.45) is 0.411. The second-order valence-corrected chi connectivity index (χ2v) is 10.6. The average molecular weight is 543 g/mol. The van der Waals surface area contributed by atoms with E-state index in [1.165, 1.54) is 16.7 Å². The van der Waals surface area contributed by atoms with Gasteiger partial charge in [-0.2, -0.15) is 0 Å². The Bertz CT molecular complexity index is 1270. The van der Waals surface area contributed by atoms with Crippen LogP contribution in [0.4, 0.5) is 0 Å². The molecule has 6 nitrogen and oxygen atoms in total. The summed E-state index contributed by atoms with van der Waals surface area (Å²) in [5.41, 5.74) is 3.87. The Balaban J connectivity index is 0.000000268. The van der Waals surface area contributed by atoms with Gasteiger partial charge < -0.3 is 14.9 Å². The maximum atomic E-state index is 12.0. The molecular weight excluding hydrogens is 507 g/mol. The van der Waals surface area contributed by atoms with Gasteiger partial charge in [-0.1, -0.05) is 109 Å². The molecule has 0 bridgehead atoms. The minimum atomic E-state index is -0.998. The molecule has 0 heterocycles. The van der Waals surface area contributed by atoms with Crippen molar-refractivity contribution in [2.24, 2.45) is 0 Å². The number of benzene rings is 4. The molecule has 0 aromatic heterocycles. The van der Waals surface area contributed by atoms with Crippen LogP contribution in [-0.4, -0.2) is 35.9 Å². The van der Waals surface area contributed by atoms with Crippen molar-refractivity contribution < 1.29 is 19.2 Å². The molecule has 0 saturated carbocycles. The van der Waals surface area contributed by atoms with E-state index in [1.807, 2.05) is 66.7 Å². The first-order valence-corrected chi connectivity index (χ1v) is 14.3. The molecular formula is C32H35N2O4P. The fourth-order valence-electron chi connectivity index (χ4n) is 3.51. The largest absolute Gasteiger partial charge is 0.481 e. The number of hydrogen-bond acceptors (Lipinski definition) is 4. The molecule has 0 spiro atoms. The smallest absolute Gasteiger partial charge is 0.305 e. The summed E-state index contributed by atoms with van der Waals surface area (Å²) in [5, 5.41) is 15.5. The topological polar surface area (TPSA) is 87.7 Å². The number of carboxylic acid groups (broad SMARTS) is 1. The zero-order valence-corrected chi connectivity index (χ0v) is 23.2. The first-order chi connectivity index (χ1) is 18.9. The maximum Gasteiger partial charge on any atom is 0.305 e. The van der Waals surface area contributed by atoms with Gasteiger partial charge in [0.25, 0.3) is 0 Å². The van der Waals surface area contributed by atoms with Crippen molar-refractivity contribution in [2.75, 3.05) is 12.8 Å². The van der Waals surface area contributed by atoms with Crippen LogP contribution >= 0.6 is 8.15 Å². The SMILES string of the molecule is C[C@H](NCP(Oc1ccccc1)c1ccccc1)C(=O)NCCC(=O)O.Cc1ccc(-c2ccccc2)cc1. The molecule has 4 rings (SSSR count). The van der Waals surface area contributed by atoms with E-state index in [4.69, 9.17) is 9.63 Å².